The summed E-state index contributed by atoms with van der Waals surface area (Å²) in [6, 6.07) is 1.67. The van der Waals surface area contributed by atoms with Gasteiger partial charge < -0.3 is 14.2 Å². The highest BCUT2D eigenvalue weighted by Crippen LogP contribution is 2.22. The minimum absolute atomic E-state index is 0.0870. The van der Waals surface area contributed by atoms with Gasteiger partial charge in [-0.05, 0) is 0 Å². The third-order valence-corrected chi connectivity index (χ3v) is 1.90. The second-order valence-electron chi connectivity index (χ2n) is 2.78. The van der Waals surface area contributed by atoms with E-state index in [0.717, 1.165) is 0 Å². The van der Waals surface area contributed by atoms with Crippen LogP contribution < -0.4 is 9.47 Å². The first kappa shape index (κ1) is 11.3. The molecule has 0 atom stereocenters. The van der Waals surface area contributed by atoms with Crippen molar-refractivity contribution in [2.24, 2.45) is 0 Å². The van der Waals surface area contributed by atoms with Gasteiger partial charge in [-0.3, -0.25) is 9.78 Å². The molecule has 0 amide bonds. The Bertz CT molecular complexity index is 351. The lowest BCUT2D eigenvalue weighted by Crippen LogP contribution is -2.07. The summed E-state index contributed by atoms with van der Waals surface area (Å²) in [7, 11) is 4.38. The Hall–Kier alpha value is -1.78. The van der Waals surface area contributed by atoms with Crippen LogP contribution >= 0.6 is 0 Å². The van der Waals surface area contributed by atoms with Gasteiger partial charge in [0.05, 0.1) is 39.6 Å². The summed E-state index contributed by atoms with van der Waals surface area (Å²) >= 11 is 0. The second kappa shape index (κ2) is 5.19. The molecule has 0 spiro atoms. The van der Waals surface area contributed by atoms with Crippen molar-refractivity contribution in [1.29, 1.82) is 0 Å². The first-order valence-corrected chi connectivity index (χ1v) is 4.35. The molecule has 1 rings (SSSR count). The van der Waals surface area contributed by atoms with Gasteiger partial charge in [0, 0.05) is 6.07 Å². The first-order valence-electron chi connectivity index (χ1n) is 4.35. The SMILES string of the molecule is COC(=O)Cc1ncc(OC)cc1OC. The van der Waals surface area contributed by atoms with Crippen LogP contribution in [-0.2, 0) is 16.0 Å². The Labute approximate surface area is 88.0 Å². The van der Waals surface area contributed by atoms with E-state index in [2.05, 4.69) is 9.72 Å². The van der Waals surface area contributed by atoms with E-state index in [1.807, 2.05) is 0 Å². The zero-order valence-corrected chi connectivity index (χ0v) is 8.94. The molecule has 1 heterocycles. The van der Waals surface area contributed by atoms with Crippen LogP contribution in [0.3, 0.4) is 0 Å². The number of esters is 1. The Kier molecular flexibility index (Phi) is 3.91. The number of pyridine rings is 1. The van der Waals surface area contributed by atoms with Gasteiger partial charge in [-0.25, -0.2) is 0 Å². The van der Waals surface area contributed by atoms with Gasteiger partial charge in [0.25, 0.3) is 0 Å². The fraction of sp³-hybridized carbons (Fsp3) is 0.400. The van der Waals surface area contributed by atoms with Gasteiger partial charge in [0.2, 0.25) is 0 Å². The lowest BCUT2D eigenvalue weighted by atomic mass is 10.2. The van der Waals surface area contributed by atoms with Crippen molar-refractivity contribution in [2.75, 3.05) is 21.3 Å². The van der Waals surface area contributed by atoms with Crippen LogP contribution in [0, 0.1) is 0 Å². The fourth-order valence-electron chi connectivity index (χ4n) is 1.08. The Morgan fingerprint density at radius 2 is 2.07 bits per heavy atom. The van der Waals surface area contributed by atoms with Crippen molar-refractivity contribution in [1.82, 2.24) is 4.98 Å². The maximum absolute atomic E-state index is 11.1. The third-order valence-electron chi connectivity index (χ3n) is 1.90. The molecule has 0 N–H and O–H groups in total. The molecule has 82 valence electrons. The zero-order valence-electron chi connectivity index (χ0n) is 8.94. The van der Waals surface area contributed by atoms with E-state index in [9.17, 15) is 4.79 Å². The molecule has 0 radical (unpaired) electrons. The predicted octanol–water partition coefficient (Wildman–Crippen LogP) is 0.814. The summed E-state index contributed by atoms with van der Waals surface area (Å²) < 4.78 is 14.6. The fourth-order valence-corrected chi connectivity index (χ4v) is 1.08. The smallest absolute Gasteiger partial charge is 0.311 e. The van der Waals surface area contributed by atoms with Crippen LogP contribution in [0.1, 0.15) is 5.69 Å². The first-order chi connectivity index (χ1) is 7.21. The van der Waals surface area contributed by atoms with Crippen molar-refractivity contribution >= 4 is 5.97 Å². The maximum atomic E-state index is 11.1. The molecular formula is C10H13NO4. The van der Waals surface area contributed by atoms with Crippen molar-refractivity contribution in [3.8, 4) is 11.5 Å². The number of rotatable bonds is 4. The van der Waals surface area contributed by atoms with Crippen LogP contribution in [-0.4, -0.2) is 32.3 Å². The van der Waals surface area contributed by atoms with E-state index in [1.165, 1.54) is 27.5 Å². The molecule has 0 saturated carbocycles. The summed E-state index contributed by atoms with van der Waals surface area (Å²) in [5.41, 5.74) is 0.533. The number of ether oxygens (including phenoxy) is 3. The van der Waals surface area contributed by atoms with Gasteiger partial charge in [-0.2, -0.15) is 0 Å². The van der Waals surface area contributed by atoms with Gasteiger partial charge in [-0.15, -0.1) is 0 Å². The predicted molar refractivity (Wildman–Crippen MR) is 53.1 cm³/mol. The largest absolute Gasteiger partial charge is 0.495 e. The summed E-state index contributed by atoms with van der Waals surface area (Å²) in [4.78, 5) is 15.1. The summed E-state index contributed by atoms with van der Waals surface area (Å²) in [6.07, 6.45) is 1.62. The van der Waals surface area contributed by atoms with E-state index < -0.39 is 0 Å². The molecule has 0 aromatic carbocycles. The highest BCUT2D eigenvalue weighted by atomic mass is 16.5. The number of nitrogens with zero attached hydrogens (tertiary/aromatic N) is 1. The number of carbonyl (C=O) groups is 1. The van der Waals surface area contributed by atoms with Gasteiger partial charge in [-0.1, -0.05) is 0 Å². The molecule has 1 aromatic heterocycles. The zero-order chi connectivity index (χ0) is 11.3. The van der Waals surface area contributed by atoms with Crippen LogP contribution in [0.25, 0.3) is 0 Å². The van der Waals surface area contributed by atoms with E-state index in [1.54, 1.807) is 6.07 Å². The lowest BCUT2D eigenvalue weighted by molar-refractivity contribution is -0.139. The van der Waals surface area contributed by atoms with Crippen molar-refractivity contribution in [3.63, 3.8) is 0 Å². The number of hydrogen-bond acceptors (Lipinski definition) is 5. The average molecular weight is 211 g/mol. The third kappa shape index (κ3) is 2.83. The standard InChI is InChI=1S/C10H13NO4/c1-13-7-4-9(14-2)8(11-6-7)5-10(12)15-3/h4,6H,5H2,1-3H3. The van der Waals surface area contributed by atoms with Crippen LogP contribution in [0.2, 0.25) is 0 Å². The van der Waals surface area contributed by atoms with E-state index in [0.29, 0.717) is 17.2 Å². The van der Waals surface area contributed by atoms with Crippen LogP contribution in [0.4, 0.5) is 0 Å². The lowest BCUT2D eigenvalue weighted by Gasteiger charge is -2.08. The molecule has 0 unspecified atom stereocenters. The van der Waals surface area contributed by atoms with E-state index >= 15 is 0 Å². The number of aromatic nitrogens is 1. The number of methoxy groups -OCH3 is 3. The summed E-state index contributed by atoms with van der Waals surface area (Å²) in [5, 5.41) is 0. The van der Waals surface area contributed by atoms with Crippen LogP contribution in [0.15, 0.2) is 12.3 Å². The minimum Gasteiger partial charge on any atom is -0.495 e. The summed E-state index contributed by atoms with van der Waals surface area (Å²) in [5.74, 6) is 0.742. The molecule has 0 aliphatic heterocycles. The Balaban J connectivity index is 2.92. The molecule has 0 saturated heterocycles. The average Bonchev–Trinajstić information content (AvgIpc) is 2.29. The van der Waals surface area contributed by atoms with Gasteiger partial charge >= 0.3 is 5.97 Å². The number of carbonyl (C=O) groups excluding carboxylic acids is 1. The molecule has 0 aliphatic rings. The highest BCUT2D eigenvalue weighted by molar-refractivity contribution is 5.72. The van der Waals surface area contributed by atoms with E-state index in [4.69, 9.17) is 9.47 Å². The molecule has 5 heteroatoms. The normalized spacial score (nSPS) is 9.53. The highest BCUT2D eigenvalue weighted by Gasteiger charge is 2.11. The topological polar surface area (TPSA) is 57.7 Å². The minimum atomic E-state index is -0.356. The Morgan fingerprint density at radius 1 is 1.33 bits per heavy atom. The quantitative estimate of drug-likeness (QED) is 0.690. The maximum Gasteiger partial charge on any atom is 0.311 e. The second-order valence-corrected chi connectivity index (χ2v) is 2.78. The molecule has 0 bridgehead atoms. The van der Waals surface area contributed by atoms with Crippen LogP contribution in [0.5, 0.6) is 11.5 Å². The molecule has 0 fully saturated rings. The monoisotopic (exact) mass is 211 g/mol. The van der Waals surface area contributed by atoms with Crippen molar-refractivity contribution < 1.29 is 19.0 Å². The van der Waals surface area contributed by atoms with Crippen molar-refractivity contribution in [3.05, 3.63) is 18.0 Å². The molecule has 5 nitrogen and oxygen atoms in total. The van der Waals surface area contributed by atoms with Gasteiger partial charge in [0.1, 0.15) is 11.5 Å². The van der Waals surface area contributed by atoms with Gasteiger partial charge in [0.15, 0.2) is 0 Å². The molecule has 1 aromatic rings. The Morgan fingerprint density at radius 3 is 2.60 bits per heavy atom. The number of hydrogen-bond donors (Lipinski definition) is 0. The van der Waals surface area contributed by atoms with Crippen molar-refractivity contribution in [2.45, 2.75) is 6.42 Å². The van der Waals surface area contributed by atoms with E-state index in [-0.39, 0.29) is 12.4 Å². The molecule has 0 aliphatic carbocycles. The summed E-state index contributed by atoms with van der Waals surface area (Å²) in [6.45, 7) is 0. The molecule has 15 heavy (non-hydrogen) atoms. The molecular weight excluding hydrogens is 198 g/mol.